The summed E-state index contributed by atoms with van der Waals surface area (Å²) < 4.78 is 0. The summed E-state index contributed by atoms with van der Waals surface area (Å²) in [6.07, 6.45) is 21.7. The lowest BCUT2D eigenvalue weighted by atomic mass is 9.80. The van der Waals surface area contributed by atoms with E-state index in [0.29, 0.717) is 16.5 Å². The number of allylic oxidation sites excluding steroid dienone is 4. The average Bonchev–Trinajstić information content (AvgIpc) is 3.50. The lowest BCUT2D eigenvalue weighted by Crippen LogP contribution is -2.32. The highest BCUT2D eigenvalue weighted by Crippen LogP contribution is 2.49. The number of rotatable bonds is 4. The zero-order valence-corrected chi connectivity index (χ0v) is 23.6. The predicted octanol–water partition coefficient (Wildman–Crippen LogP) is 8.67. The molecule has 41 heavy (non-hydrogen) atoms. The van der Waals surface area contributed by atoms with Crippen LogP contribution in [0.3, 0.4) is 0 Å². The third kappa shape index (κ3) is 4.52. The average molecular weight is 550 g/mol. The van der Waals surface area contributed by atoms with Gasteiger partial charge in [-0.05, 0) is 53.6 Å². The van der Waals surface area contributed by atoms with E-state index in [-0.39, 0.29) is 6.04 Å². The predicted molar refractivity (Wildman–Crippen MR) is 172 cm³/mol. The Labute approximate surface area is 245 Å². The Kier molecular flexibility index (Phi) is 6.31. The van der Waals surface area contributed by atoms with Crippen molar-refractivity contribution >= 4 is 23.9 Å². The maximum absolute atomic E-state index is 5.22. The van der Waals surface area contributed by atoms with Gasteiger partial charge < -0.3 is 0 Å². The largest absolute Gasteiger partial charge is 0.296 e. The first-order chi connectivity index (χ1) is 20.3. The monoisotopic (exact) mass is 549 g/mol. The molecule has 0 spiro atoms. The molecule has 1 fully saturated rings. The maximum atomic E-state index is 5.22. The number of hydrogen-bond acceptors (Lipinski definition) is 4. The zero-order chi connectivity index (χ0) is 27.2. The van der Waals surface area contributed by atoms with Crippen molar-refractivity contribution in [2.24, 2.45) is 5.92 Å². The number of nitrogens with zero attached hydrogens (tertiary/aromatic N) is 2. The molecular formula is C37H31N3S. The highest BCUT2D eigenvalue weighted by molar-refractivity contribution is 8.01. The number of benzene rings is 3. The van der Waals surface area contributed by atoms with E-state index in [1.54, 1.807) is 0 Å². The molecule has 0 bridgehead atoms. The van der Waals surface area contributed by atoms with Gasteiger partial charge in [0.05, 0.1) is 16.8 Å². The number of hydrogen-bond donors (Lipinski definition) is 1. The summed E-state index contributed by atoms with van der Waals surface area (Å²) >= 11 is 2.08. The third-order valence-corrected chi connectivity index (χ3v) is 10.2. The number of nitrogens with one attached hydrogen (secondary N) is 1. The summed E-state index contributed by atoms with van der Waals surface area (Å²) in [7, 11) is 0. The first kappa shape index (κ1) is 24.8. The number of aromatic nitrogens is 2. The molecule has 8 rings (SSSR count). The second-order valence-corrected chi connectivity index (χ2v) is 12.5. The Morgan fingerprint density at radius 1 is 0.780 bits per heavy atom. The van der Waals surface area contributed by atoms with Crippen LogP contribution < -0.4 is 5.32 Å². The van der Waals surface area contributed by atoms with Crippen LogP contribution in [0.5, 0.6) is 0 Å². The van der Waals surface area contributed by atoms with Crippen LogP contribution in [0, 0.1) is 5.92 Å². The van der Waals surface area contributed by atoms with Crippen molar-refractivity contribution < 1.29 is 0 Å². The molecule has 0 amide bonds. The van der Waals surface area contributed by atoms with Crippen molar-refractivity contribution in [3.63, 3.8) is 0 Å². The molecule has 4 heteroatoms. The van der Waals surface area contributed by atoms with Gasteiger partial charge in [0.2, 0.25) is 0 Å². The van der Waals surface area contributed by atoms with Gasteiger partial charge in [-0.3, -0.25) is 5.32 Å². The molecular weight excluding hydrogens is 518 g/mol. The van der Waals surface area contributed by atoms with Crippen molar-refractivity contribution in [3.05, 3.63) is 132 Å². The molecule has 1 N–H and O–H groups in total. The lowest BCUT2D eigenvalue weighted by Gasteiger charge is -2.30. The summed E-state index contributed by atoms with van der Waals surface area (Å²) in [5.41, 5.74) is 10.7. The molecule has 1 aliphatic heterocycles. The standard InChI is InChI=1S/C37H31N3S/c1-4-12-24(13-5-1)31-23-32(25-14-6-2-7-15-25)39-36(38-31)30-22-27-18-10-11-19-28(27)34-29(30)20-21-33-35(34)40-37(41-33)26-16-8-3-9-17-26/h1-10,12-16,18,20-23,26,33,35,37,40H,11,17,19H2. The van der Waals surface area contributed by atoms with Crippen molar-refractivity contribution in [3.8, 4) is 33.9 Å². The van der Waals surface area contributed by atoms with Crippen LogP contribution in [0.25, 0.3) is 46.1 Å². The Hall–Kier alpha value is -3.99. The van der Waals surface area contributed by atoms with Gasteiger partial charge in [-0.25, -0.2) is 9.97 Å². The Morgan fingerprint density at radius 2 is 1.54 bits per heavy atom. The van der Waals surface area contributed by atoms with Crippen molar-refractivity contribution in [2.45, 2.75) is 35.9 Å². The van der Waals surface area contributed by atoms with Crippen molar-refractivity contribution in [1.82, 2.24) is 15.3 Å². The molecule has 3 nitrogen and oxygen atoms in total. The summed E-state index contributed by atoms with van der Waals surface area (Å²) in [4.78, 5) is 10.4. The smallest absolute Gasteiger partial charge is 0.161 e. The second kappa shape index (κ2) is 10.4. The van der Waals surface area contributed by atoms with E-state index >= 15 is 0 Å². The third-order valence-electron chi connectivity index (χ3n) is 8.66. The quantitative estimate of drug-likeness (QED) is 0.276. The Bertz CT molecular complexity index is 1680. The first-order valence-electron chi connectivity index (χ1n) is 14.6. The summed E-state index contributed by atoms with van der Waals surface area (Å²) in [5, 5.41) is 4.91. The Morgan fingerprint density at radius 3 is 2.24 bits per heavy atom. The minimum Gasteiger partial charge on any atom is -0.296 e. The van der Waals surface area contributed by atoms with Gasteiger partial charge in [0.25, 0.3) is 0 Å². The fourth-order valence-corrected chi connectivity index (χ4v) is 8.16. The molecule has 4 atom stereocenters. The van der Waals surface area contributed by atoms with Crippen LogP contribution in [-0.4, -0.2) is 20.6 Å². The van der Waals surface area contributed by atoms with Crippen molar-refractivity contribution in [1.29, 1.82) is 0 Å². The summed E-state index contributed by atoms with van der Waals surface area (Å²) in [5.74, 6) is 1.31. The van der Waals surface area contributed by atoms with Crippen LogP contribution >= 0.6 is 11.8 Å². The zero-order valence-electron chi connectivity index (χ0n) is 22.8. The van der Waals surface area contributed by atoms with Gasteiger partial charge in [-0.1, -0.05) is 109 Å². The first-order valence-corrected chi connectivity index (χ1v) is 15.6. The van der Waals surface area contributed by atoms with Crippen LogP contribution in [0.4, 0.5) is 0 Å². The molecule has 0 saturated carbocycles. The van der Waals surface area contributed by atoms with E-state index < -0.39 is 0 Å². The van der Waals surface area contributed by atoms with E-state index in [4.69, 9.17) is 9.97 Å². The summed E-state index contributed by atoms with van der Waals surface area (Å²) in [6, 6.07) is 25.7. The number of fused-ring (bicyclic) bond motifs is 5. The van der Waals surface area contributed by atoms with Crippen LogP contribution in [0.2, 0.25) is 0 Å². The van der Waals surface area contributed by atoms with Gasteiger partial charge in [-0.15, -0.1) is 11.8 Å². The van der Waals surface area contributed by atoms with Gasteiger partial charge in [0, 0.05) is 33.9 Å². The molecule has 4 aromatic rings. The molecule has 1 aromatic heterocycles. The topological polar surface area (TPSA) is 37.8 Å². The summed E-state index contributed by atoms with van der Waals surface area (Å²) in [6.45, 7) is 0. The SMILES string of the molecule is C1=CCC(C2NC3c4c(c(-c5nc(-c6ccccc6)cc(-c6ccccc6)n5)cc5c4CCC=C5)C=CC3S2)C=C1. The normalized spacial score (nSPS) is 23.7. The van der Waals surface area contributed by atoms with E-state index in [1.165, 1.54) is 22.3 Å². The van der Waals surface area contributed by atoms with E-state index in [0.717, 1.165) is 53.2 Å². The fourth-order valence-electron chi connectivity index (χ4n) is 6.65. The highest BCUT2D eigenvalue weighted by Gasteiger charge is 2.41. The van der Waals surface area contributed by atoms with Crippen LogP contribution in [0.1, 0.15) is 41.1 Å². The maximum Gasteiger partial charge on any atom is 0.161 e. The lowest BCUT2D eigenvalue weighted by molar-refractivity contribution is 0.482. The van der Waals surface area contributed by atoms with E-state index in [9.17, 15) is 0 Å². The molecule has 3 aromatic carbocycles. The minimum absolute atomic E-state index is 0.287. The van der Waals surface area contributed by atoms with Crippen LogP contribution in [-0.2, 0) is 6.42 Å². The Balaban J connectivity index is 1.30. The minimum atomic E-state index is 0.287. The molecule has 0 radical (unpaired) electrons. The molecule has 2 heterocycles. The molecule has 1 saturated heterocycles. The van der Waals surface area contributed by atoms with E-state index in [1.807, 2.05) is 0 Å². The molecule has 4 aliphatic rings. The van der Waals surface area contributed by atoms with Gasteiger partial charge in [0.1, 0.15) is 0 Å². The van der Waals surface area contributed by atoms with E-state index in [2.05, 4.69) is 138 Å². The molecule has 4 unspecified atom stereocenters. The van der Waals surface area contributed by atoms with Crippen molar-refractivity contribution in [2.75, 3.05) is 0 Å². The highest BCUT2D eigenvalue weighted by atomic mass is 32.2. The second-order valence-electron chi connectivity index (χ2n) is 11.2. The van der Waals surface area contributed by atoms with Gasteiger partial charge in [0.15, 0.2) is 5.82 Å². The van der Waals surface area contributed by atoms with Crippen LogP contribution in [0.15, 0.2) is 109 Å². The fraction of sp³-hybridized carbons (Fsp3) is 0.189. The number of thioether (sulfide) groups is 1. The van der Waals surface area contributed by atoms with Gasteiger partial charge in [-0.2, -0.15) is 0 Å². The molecule has 3 aliphatic carbocycles. The molecule has 200 valence electrons. The van der Waals surface area contributed by atoms with Gasteiger partial charge >= 0.3 is 0 Å².